The number of hydrogen-bond donors (Lipinski definition) is 1. The fourth-order valence-corrected chi connectivity index (χ4v) is 4.24. The summed E-state index contributed by atoms with van der Waals surface area (Å²) in [7, 11) is 0. The highest BCUT2D eigenvalue weighted by molar-refractivity contribution is 7.20. The van der Waals surface area contributed by atoms with Crippen molar-refractivity contribution >= 4 is 56.5 Å². The lowest BCUT2D eigenvalue weighted by molar-refractivity contribution is 0.215. The smallest absolute Gasteiger partial charge is 0.419 e. The number of carbonyl (C=O) groups excluding carboxylic acids is 1. The minimum atomic E-state index is -0.677. The number of hydrogen-bond acceptors (Lipinski definition) is 5. The zero-order valence-corrected chi connectivity index (χ0v) is 18.4. The zero-order valence-electron chi connectivity index (χ0n) is 16.1. The van der Waals surface area contributed by atoms with Crippen LogP contribution in [0.25, 0.3) is 10.2 Å². The second kappa shape index (κ2) is 9.09. The van der Waals surface area contributed by atoms with E-state index in [9.17, 15) is 9.18 Å². The number of fused-ring (bicyclic) bond motifs is 1. The Balaban J connectivity index is 1.49. The second-order valence-corrected chi connectivity index (χ2v) is 8.29. The van der Waals surface area contributed by atoms with Gasteiger partial charge in [0.15, 0.2) is 0 Å². The lowest BCUT2D eigenvalue weighted by Gasteiger charge is -2.17. The molecule has 0 fully saturated rings. The predicted octanol–water partition coefficient (Wildman–Crippen LogP) is 7.49. The Morgan fingerprint density at radius 2 is 1.90 bits per heavy atom. The van der Waals surface area contributed by atoms with Gasteiger partial charge >= 0.3 is 6.09 Å². The fourth-order valence-electron chi connectivity index (χ4n) is 2.92. The van der Waals surface area contributed by atoms with Crippen LogP contribution in [-0.4, -0.2) is 11.1 Å². The SMILES string of the molecule is CC(Oc1ccc2nc(OC(=O)Nc3ccccc3)sc2c1)c1c(F)ccc(Cl)c1Cl. The molecule has 1 N–H and O–H groups in total. The summed E-state index contributed by atoms with van der Waals surface area (Å²) < 4.78 is 26.1. The second-order valence-electron chi connectivity index (χ2n) is 6.51. The summed E-state index contributed by atoms with van der Waals surface area (Å²) in [6, 6.07) is 16.8. The maximum Gasteiger partial charge on any atom is 0.419 e. The van der Waals surface area contributed by atoms with Gasteiger partial charge in [-0.3, -0.25) is 5.32 Å². The molecule has 1 unspecified atom stereocenters. The molecule has 1 aromatic heterocycles. The molecule has 9 heteroatoms. The molecule has 4 rings (SSSR count). The number of amides is 1. The number of para-hydroxylation sites is 1. The van der Waals surface area contributed by atoms with E-state index in [0.717, 1.165) is 4.70 Å². The van der Waals surface area contributed by atoms with Gasteiger partial charge in [0, 0.05) is 11.3 Å². The Kier molecular flexibility index (Phi) is 6.27. The molecule has 0 spiro atoms. The van der Waals surface area contributed by atoms with Gasteiger partial charge in [-0.05, 0) is 49.4 Å². The molecule has 1 heterocycles. The highest BCUT2D eigenvalue weighted by atomic mass is 35.5. The molecule has 0 saturated heterocycles. The quantitative estimate of drug-likeness (QED) is 0.303. The van der Waals surface area contributed by atoms with E-state index >= 15 is 0 Å². The Labute approximate surface area is 191 Å². The van der Waals surface area contributed by atoms with Gasteiger partial charge in [-0.1, -0.05) is 52.7 Å². The first-order valence-electron chi connectivity index (χ1n) is 9.15. The summed E-state index contributed by atoms with van der Waals surface area (Å²) >= 11 is 13.3. The molecule has 3 aromatic carbocycles. The molecule has 0 radical (unpaired) electrons. The van der Waals surface area contributed by atoms with Crippen LogP contribution in [0, 0.1) is 5.82 Å². The van der Waals surface area contributed by atoms with Crippen LogP contribution in [0.4, 0.5) is 14.9 Å². The molecule has 0 aliphatic rings. The van der Waals surface area contributed by atoms with Crippen molar-refractivity contribution in [3.8, 4) is 10.9 Å². The van der Waals surface area contributed by atoms with Gasteiger partial charge in [0.05, 0.1) is 20.3 Å². The molecule has 1 atom stereocenters. The van der Waals surface area contributed by atoms with Crippen molar-refractivity contribution in [3.63, 3.8) is 0 Å². The van der Waals surface area contributed by atoms with E-state index in [1.165, 1.54) is 23.5 Å². The first-order chi connectivity index (χ1) is 14.9. The van der Waals surface area contributed by atoms with Gasteiger partial charge < -0.3 is 9.47 Å². The van der Waals surface area contributed by atoms with Crippen LogP contribution in [0.1, 0.15) is 18.6 Å². The number of ether oxygens (including phenoxy) is 2. The predicted molar refractivity (Wildman–Crippen MR) is 121 cm³/mol. The van der Waals surface area contributed by atoms with Crippen molar-refractivity contribution in [1.29, 1.82) is 0 Å². The molecule has 158 valence electrons. The third kappa shape index (κ3) is 4.90. The summed E-state index contributed by atoms with van der Waals surface area (Å²) in [6.07, 6.45) is -1.31. The van der Waals surface area contributed by atoms with E-state index < -0.39 is 18.0 Å². The number of aromatic nitrogens is 1. The van der Waals surface area contributed by atoms with E-state index in [1.807, 2.05) is 6.07 Å². The molecule has 0 saturated carbocycles. The van der Waals surface area contributed by atoms with Crippen molar-refractivity contribution in [2.75, 3.05) is 5.32 Å². The third-order valence-corrected chi connectivity index (χ3v) is 6.05. The number of halogens is 3. The molecular formula is C22H15Cl2FN2O3S. The van der Waals surface area contributed by atoms with Crippen molar-refractivity contribution in [2.24, 2.45) is 0 Å². The summed E-state index contributed by atoms with van der Waals surface area (Å²) in [6.45, 7) is 1.68. The van der Waals surface area contributed by atoms with Crippen LogP contribution >= 0.6 is 34.5 Å². The van der Waals surface area contributed by atoms with Gasteiger partial charge in [0.2, 0.25) is 0 Å². The standard InChI is InChI=1S/C22H15Cl2FN2O3S/c1-12(19-16(25)9-8-15(23)20(19)24)29-14-7-10-17-18(11-14)31-22(27-17)30-21(28)26-13-5-3-2-4-6-13/h2-12H,1H3,(H,26,28). The maximum absolute atomic E-state index is 14.2. The molecule has 0 aliphatic heterocycles. The normalized spacial score (nSPS) is 11.9. The van der Waals surface area contributed by atoms with E-state index in [0.29, 0.717) is 17.0 Å². The van der Waals surface area contributed by atoms with E-state index in [-0.39, 0.29) is 20.8 Å². The average molecular weight is 477 g/mol. The topological polar surface area (TPSA) is 60.5 Å². The van der Waals surface area contributed by atoms with Crippen LogP contribution < -0.4 is 14.8 Å². The number of anilines is 1. The maximum atomic E-state index is 14.2. The van der Waals surface area contributed by atoms with Gasteiger partial charge in [-0.2, -0.15) is 0 Å². The summed E-state index contributed by atoms with van der Waals surface area (Å²) in [5.74, 6) is -0.0136. The average Bonchev–Trinajstić information content (AvgIpc) is 3.13. The lowest BCUT2D eigenvalue weighted by atomic mass is 10.1. The van der Waals surface area contributed by atoms with Crippen LogP contribution in [0.15, 0.2) is 60.7 Å². The number of carbonyl (C=O) groups is 1. The van der Waals surface area contributed by atoms with Crippen LogP contribution in [0.2, 0.25) is 10.0 Å². The molecular weight excluding hydrogens is 462 g/mol. The van der Waals surface area contributed by atoms with Crippen LogP contribution in [-0.2, 0) is 0 Å². The number of rotatable bonds is 5. The lowest BCUT2D eigenvalue weighted by Crippen LogP contribution is -2.16. The van der Waals surface area contributed by atoms with E-state index in [4.69, 9.17) is 32.7 Å². The monoisotopic (exact) mass is 476 g/mol. The van der Waals surface area contributed by atoms with E-state index in [2.05, 4.69) is 10.3 Å². The Hall–Kier alpha value is -2.87. The first-order valence-corrected chi connectivity index (χ1v) is 10.7. The van der Waals surface area contributed by atoms with Crippen molar-refractivity contribution in [2.45, 2.75) is 13.0 Å². The fraction of sp³-hybridized carbons (Fsp3) is 0.0909. The molecule has 0 bridgehead atoms. The summed E-state index contributed by atoms with van der Waals surface area (Å²) in [5.41, 5.74) is 1.44. The number of thiazole rings is 1. The largest absolute Gasteiger partial charge is 0.486 e. The molecule has 4 aromatic rings. The van der Waals surface area contributed by atoms with Crippen LogP contribution in [0.5, 0.6) is 10.9 Å². The zero-order chi connectivity index (χ0) is 22.0. The summed E-state index contributed by atoms with van der Waals surface area (Å²) in [4.78, 5) is 16.4. The van der Waals surface area contributed by atoms with Crippen molar-refractivity contribution in [1.82, 2.24) is 4.98 Å². The molecule has 0 aliphatic carbocycles. The Bertz CT molecular complexity index is 1250. The molecule has 31 heavy (non-hydrogen) atoms. The van der Waals surface area contributed by atoms with Gasteiger partial charge in [0.1, 0.15) is 17.7 Å². The number of nitrogens with zero attached hydrogens (tertiary/aromatic N) is 1. The summed E-state index contributed by atoms with van der Waals surface area (Å²) in [5, 5.41) is 3.19. The minimum absolute atomic E-state index is 0.119. The molecule has 5 nitrogen and oxygen atoms in total. The third-order valence-electron chi connectivity index (χ3n) is 4.34. The Morgan fingerprint density at radius 3 is 2.68 bits per heavy atom. The minimum Gasteiger partial charge on any atom is -0.486 e. The van der Waals surface area contributed by atoms with E-state index in [1.54, 1.807) is 49.4 Å². The first kappa shape index (κ1) is 21.4. The number of benzene rings is 3. The molecule has 1 amide bonds. The highest BCUT2D eigenvalue weighted by Crippen LogP contribution is 2.36. The number of nitrogens with one attached hydrogen (secondary N) is 1. The van der Waals surface area contributed by atoms with Crippen molar-refractivity contribution in [3.05, 3.63) is 82.1 Å². The van der Waals surface area contributed by atoms with Crippen LogP contribution in [0.3, 0.4) is 0 Å². The Morgan fingerprint density at radius 1 is 1.13 bits per heavy atom. The van der Waals surface area contributed by atoms with Gasteiger partial charge in [-0.15, -0.1) is 0 Å². The van der Waals surface area contributed by atoms with Crippen molar-refractivity contribution < 1.29 is 18.7 Å². The highest BCUT2D eigenvalue weighted by Gasteiger charge is 2.19. The van der Waals surface area contributed by atoms with Gasteiger partial charge in [-0.25, -0.2) is 14.2 Å². The van der Waals surface area contributed by atoms with Gasteiger partial charge in [0.25, 0.3) is 5.19 Å².